The highest BCUT2D eigenvalue weighted by Gasteiger charge is 2.24. The zero-order valence-corrected chi connectivity index (χ0v) is 12.6. The zero-order chi connectivity index (χ0) is 14.6. The van der Waals surface area contributed by atoms with E-state index in [-0.39, 0.29) is 13.2 Å². The Kier molecular flexibility index (Phi) is 4.93. The molecule has 0 atom stereocenters. The van der Waals surface area contributed by atoms with Crippen molar-refractivity contribution in [2.24, 2.45) is 5.41 Å². The molecule has 0 radical (unpaired) electrons. The lowest BCUT2D eigenvalue weighted by Gasteiger charge is -2.29. The summed E-state index contributed by atoms with van der Waals surface area (Å²) in [6, 6.07) is 1.89. The second kappa shape index (κ2) is 6.49. The molecule has 2 aromatic rings. The Bertz CT molecular complexity index is 520. The van der Waals surface area contributed by atoms with Crippen LogP contribution in [-0.4, -0.2) is 46.9 Å². The van der Waals surface area contributed by atoms with Crippen LogP contribution in [0, 0.1) is 5.41 Å². The molecule has 0 amide bonds. The molecule has 110 valence electrons. The van der Waals surface area contributed by atoms with Crippen molar-refractivity contribution in [2.45, 2.75) is 13.5 Å². The molecule has 0 aliphatic heterocycles. The number of aliphatic hydroxyl groups is 2. The molecule has 0 aromatic carbocycles. The highest BCUT2D eigenvalue weighted by atomic mass is 32.1. The van der Waals surface area contributed by atoms with Crippen molar-refractivity contribution >= 4 is 11.3 Å². The van der Waals surface area contributed by atoms with E-state index in [0.717, 1.165) is 16.3 Å². The van der Waals surface area contributed by atoms with Crippen LogP contribution in [0.3, 0.4) is 0 Å². The van der Waals surface area contributed by atoms with Gasteiger partial charge in [0, 0.05) is 29.4 Å². The largest absolute Gasteiger partial charge is 0.472 e. The van der Waals surface area contributed by atoms with Crippen molar-refractivity contribution in [3.05, 3.63) is 29.7 Å². The third-order valence-corrected chi connectivity index (χ3v) is 4.11. The second-order valence-electron chi connectivity index (χ2n) is 5.46. The Hall–Kier alpha value is -1.21. The lowest BCUT2D eigenvalue weighted by atomic mass is 9.92. The Morgan fingerprint density at radius 3 is 2.75 bits per heavy atom. The summed E-state index contributed by atoms with van der Waals surface area (Å²) in [5.41, 5.74) is 1.48. The van der Waals surface area contributed by atoms with Crippen molar-refractivity contribution in [3.63, 3.8) is 0 Å². The van der Waals surface area contributed by atoms with Gasteiger partial charge in [-0.1, -0.05) is 6.92 Å². The van der Waals surface area contributed by atoms with Gasteiger partial charge in [0.05, 0.1) is 25.2 Å². The van der Waals surface area contributed by atoms with Crippen LogP contribution in [0.1, 0.15) is 12.6 Å². The predicted octanol–water partition coefficient (Wildman–Crippen LogP) is 1.83. The number of nitrogens with zero attached hydrogens (tertiary/aromatic N) is 2. The van der Waals surface area contributed by atoms with Gasteiger partial charge >= 0.3 is 0 Å². The molecule has 0 spiro atoms. The van der Waals surface area contributed by atoms with Crippen LogP contribution in [0.2, 0.25) is 0 Å². The van der Waals surface area contributed by atoms with Gasteiger partial charge in [-0.15, -0.1) is 11.3 Å². The third kappa shape index (κ3) is 3.67. The van der Waals surface area contributed by atoms with Gasteiger partial charge in [0.2, 0.25) is 0 Å². The van der Waals surface area contributed by atoms with Gasteiger partial charge in [-0.3, -0.25) is 4.90 Å². The fraction of sp³-hybridized carbons (Fsp3) is 0.500. The maximum absolute atomic E-state index is 9.32. The Morgan fingerprint density at radius 2 is 2.15 bits per heavy atom. The Labute approximate surface area is 122 Å². The monoisotopic (exact) mass is 296 g/mol. The van der Waals surface area contributed by atoms with Gasteiger partial charge < -0.3 is 14.6 Å². The summed E-state index contributed by atoms with van der Waals surface area (Å²) < 4.78 is 5.05. The minimum Gasteiger partial charge on any atom is -0.472 e. The molecule has 5 nitrogen and oxygen atoms in total. The first-order valence-corrected chi connectivity index (χ1v) is 7.31. The molecule has 2 heterocycles. The first-order valence-electron chi connectivity index (χ1n) is 6.43. The number of rotatable bonds is 7. The van der Waals surface area contributed by atoms with Crippen molar-refractivity contribution < 1.29 is 14.6 Å². The van der Waals surface area contributed by atoms with Crippen LogP contribution in [0.15, 0.2) is 28.4 Å². The van der Waals surface area contributed by atoms with E-state index < -0.39 is 5.41 Å². The maximum Gasteiger partial charge on any atom is 0.126 e. The fourth-order valence-corrected chi connectivity index (χ4v) is 2.83. The topological polar surface area (TPSA) is 69.7 Å². The van der Waals surface area contributed by atoms with Crippen LogP contribution in [0.25, 0.3) is 10.6 Å². The molecule has 0 saturated carbocycles. The maximum atomic E-state index is 9.32. The third-order valence-electron chi connectivity index (χ3n) is 3.17. The van der Waals surface area contributed by atoms with Gasteiger partial charge in [-0.05, 0) is 13.1 Å². The summed E-state index contributed by atoms with van der Waals surface area (Å²) in [6.45, 7) is 3.08. The molecule has 0 saturated heterocycles. The fourth-order valence-electron chi connectivity index (χ4n) is 2.03. The van der Waals surface area contributed by atoms with E-state index in [1.165, 1.54) is 0 Å². The highest BCUT2D eigenvalue weighted by Crippen LogP contribution is 2.25. The van der Waals surface area contributed by atoms with Gasteiger partial charge in [0.25, 0.3) is 0 Å². The van der Waals surface area contributed by atoms with E-state index in [1.807, 2.05) is 25.4 Å². The Morgan fingerprint density at radius 1 is 1.40 bits per heavy atom. The van der Waals surface area contributed by atoms with E-state index in [4.69, 9.17) is 4.42 Å². The van der Waals surface area contributed by atoms with Gasteiger partial charge in [0.1, 0.15) is 11.3 Å². The van der Waals surface area contributed by atoms with Crippen LogP contribution >= 0.6 is 11.3 Å². The summed E-state index contributed by atoms with van der Waals surface area (Å²) in [5, 5.41) is 21.6. The minimum absolute atomic E-state index is 0.0365. The smallest absolute Gasteiger partial charge is 0.126 e. The van der Waals surface area contributed by atoms with Crippen molar-refractivity contribution in [1.82, 2.24) is 9.88 Å². The molecule has 2 N–H and O–H groups in total. The zero-order valence-electron chi connectivity index (χ0n) is 11.7. The quantitative estimate of drug-likeness (QED) is 0.815. The van der Waals surface area contributed by atoms with Crippen molar-refractivity contribution in [1.29, 1.82) is 0 Å². The average molecular weight is 296 g/mol. The molecule has 0 aliphatic carbocycles. The Balaban J connectivity index is 1.97. The second-order valence-corrected chi connectivity index (χ2v) is 6.31. The van der Waals surface area contributed by atoms with Crippen LogP contribution in [0.4, 0.5) is 0 Å². The number of thiazole rings is 1. The molecular weight excluding hydrogens is 276 g/mol. The summed E-state index contributed by atoms with van der Waals surface area (Å²) in [5.74, 6) is 0. The summed E-state index contributed by atoms with van der Waals surface area (Å²) >= 11 is 1.58. The van der Waals surface area contributed by atoms with Crippen LogP contribution in [0.5, 0.6) is 0 Å². The number of hydrogen-bond donors (Lipinski definition) is 2. The highest BCUT2D eigenvalue weighted by molar-refractivity contribution is 7.13. The molecule has 6 heteroatoms. The molecule has 2 aromatic heterocycles. The molecule has 0 aliphatic rings. The standard InChI is InChI=1S/C14H20N2O3S/c1-14(9-17,10-18)8-16(2)5-12-7-20-13(15-12)11-3-4-19-6-11/h3-4,6-7,17-18H,5,8-10H2,1-2H3. The molecule has 0 bridgehead atoms. The van der Waals surface area contributed by atoms with E-state index in [1.54, 1.807) is 23.9 Å². The van der Waals surface area contributed by atoms with Gasteiger partial charge in [-0.2, -0.15) is 0 Å². The molecule has 0 unspecified atom stereocenters. The number of aromatic nitrogens is 1. The first-order chi connectivity index (χ1) is 9.56. The van der Waals surface area contributed by atoms with E-state index in [0.29, 0.717) is 13.1 Å². The average Bonchev–Trinajstić information content (AvgIpc) is 3.08. The minimum atomic E-state index is -0.488. The lowest BCUT2D eigenvalue weighted by molar-refractivity contribution is 0.0399. The predicted molar refractivity (Wildman–Crippen MR) is 78.4 cm³/mol. The SMILES string of the molecule is CN(Cc1csc(-c2ccoc2)n1)CC(C)(CO)CO. The van der Waals surface area contributed by atoms with E-state index in [2.05, 4.69) is 9.88 Å². The van der Waals surface area contributed by atoms with Crippen LogP contribution in [-0.2, 0) is 6.54 Å². The van der Waals surface area contributed by atoms with Crippen molar-refractivity contribution in [3.8, 4) is 10.6 Å². The molecule has 2 rings (SSSR count). The first kappa shape index (κ1) is 15.2. The van der Waals surface area contributed by atoms with Crippen molar-refractivity contribution in [2.75, 3.05) is 26.8 Å². The summed E-state index contributed by atoms with van der Waals surface area (Å²) in [7, 11) is 1.96. The van der Waals surface area contributed by atoms with E-state index >= 15 is 0 Å². The molecule has 20 heavy (non-hydrogen) atoms. The van der Waals surface area contributed by atoms with Gasteiger partial charge in [0.15, 0.2) is 0 Å². The normalized spacial score (nSPS) is 12.2. The summed E-state index contributed by atoms with van der Waals surface area (Å²) in [4.78, 5) is 6.62. The van der Waals surface area contributed by atoms with Crippen LogP contribution < -0.4 is 0 Å². The molecular formula is C14H20N2O3S. The lowest BCUT2D eigenvalue weighted by Crippen LogP contribution is -2.38. The van der Waals surface area contributed by atoms with Gasteiger partial charge in [-0.25, -0.2) is 4.98 Å². The number of aliphatic hydroxyl groups excluding tert-OH is 2. The number of furan rings is 1. The summed E-state index contributed by atoms with van der Waals surface area (Å²) in [6.07, 6.45) is 3.32. The number of hydrogen-bond acceptors (Lipinski definition) is 6. The van der Waals surface area contributed by atoms with E-state index in [9.17, 15) is 10.2 Å². The molecule has 0 fully saturated rings.